The summed E-state index contributed by atoms with van der Waals surface area (Å²) in [4.78, 5) is 16.3. The number of rotatable bonds is 7. The average Bonchev–Trinajstić information content (AvgIpc) is 3.44. The van der Waals surface area contributed by atoms with Crippen LogP contribution < -0.4 is 5.32 Å². The van der Waals surface area contributed by atoms with E-state index in [9.17, 15) is 13.6 Å². The predicted octanol–water partition coefficient (Wildman–Crippen LogP) is 5.36. The van der Waals surface area contributed by atoms with Crippen LogP contribution in [0.1, 0.15) is 43.9 Å². The summed E-state index contributed by atoms with van der Waals surface area (Å²) in [7, 11) is 0. The highest BCUT2D eigenvalue weighted by Gasteiger charge is 2.25. The standard InChI is InChI=1S/C24H24F2N4O/c1-24(2,26)11-16-3-6-19(7-4-16)29-22(31)10-5-17-12-27-14-21(25)23(17)18-13-28-30(15-18)20-8-9-20/h3-7,10,12-15,20H,8-9,11H2,1-2H3,(H,29,31)/b10-5+. The highest BCUT2D eigenvalue weighted by atomic mass is 19.1. The van der Waals surface area contributed by atoms with E-state index < -0.39 is 11.5 Å². The lowest BCUT2D eigenvalue weighted by Gasteiger charge is -2.14. The highest BCUT2D eigenvalue weighted by molar-refractivity contribution is 6.02. The number of benzene rings is 1. The highest BCUT2D eigenvalue weighted by Crippen LogP contribution is 2.36. The summed E-state index contributed by atoms with van der Waals surface area (Å²) < 4.78 is 30.1. The summed E-state index contributed by atoms with van der Waals surface area (Å²) in [6, 6.07) is 7.42. The summed E-state index contributed by atoms with van der Waals surface area (Å²) in [6.45, 7) is 3.06. The van der Waals surface area contributed by atoms with Crippen molar-refractivity contribution >= 4 is 17.7 Å². The molecule has 0 saturated heterocycles. The van der Waals surface area contributed by atoms with Crippen molar-refractivity contribution < 1.29 is 13.6 Å². The number of hydrogen-bond acceptors (Lipinski definition) is 3. The zero-order chi connectivity index (χ0) is 22.0. The van der Waals surface area contributed by atoms with Crippen molar-refractivity contribution in [1.29, 1.82) is 0 Å². The number of anilines is 1. The Labute approximate surface area is 179 Å². The van der Waals surface area contributed by atoms with Crippen LogP contribution in [0.4, 0.5) is 14.5 Å². The largest absolute Gasteiger partial charge is 0.323 e. The van der Waals surface area contributed by atoms with Gasteiger partial charge in [0, 0.05) is 47.3 Å². The maximum absolute atomic E-state index is 14.5. The summed E-state index contributed by atoms with van der Waals surface area (Å²) >= 11 is 0. The smallest absolute Gasteiger partial charge is 0.248 e. The van der Waals surface area contributed by atoms with Crippen molar-refractivity contribution in [1.82, 2.24) is 14.8 Å². The van der Waals surface area contributed by atoms with E-state index in [2.05, 4.69) is 15.4 Å². The summed E-state index contributed by atoms with van der Waals surface area (Å²) in [5, 5.41) is 7.07. The van der Waals surface area contributed by atoms with E-state index in [0.717, 1.165) is 24.6 Å². The molecular weight excluding hydrogens is 398 g/mol. The lowest BCUT2D eigenvalue weighted by Crippen LogP contribution is -2.15. The third kappa shape index (κ3) is 5.42. The number of nitrogens with zero attached hydrogens (tertiary/aromatic N) is 3. The minimum absolute atomic E-state index is 0.299. The van der Waals surface area contributed by atoms with Gasteiger partial charge in [-0.05, 0) is 50.5 Å². The molecule has 31 heavy (non-hydrogen) atoms. The lowest BCUT2D eigenvalue weighted by atomic mass is 10.0. The summed E-state index contributed by atoms with van der Waals surface area (Å²) in [5.74, 6) is -0.827. The molecule has 0 unspecified atom stereocenters. The average molecular weight is 422 g/mol. The van der Waals surface area contributed by atoms with Gasteiger partial charge in [-0.15, -0.1) is 0 Å². The first kappa shape index (κ1) is 20.9. The Morgan fingerprint density at radius 1 is 1.23 bits per heavy atom. The second-order valence-electron chi connectivity index (χ2n) is 8.44. The van der Waals surface area contributed by atoms with Gasteiger partial charge in [-0.25, -0.2) is 8.78 Å². The molecular formula is C24H24F2N4O. The first-order valence-corrected chi connectivity index (χ1v) is 10.2. The van der Waals surface area contributed by atoms with E-state index in [0.29, 0.717) is 34.8 Å². The number of carbonyl (C=O) groups excluding carboxylic acids is 1. The maximum atomic E-state index is 14.5. The van der Waals surface area contributed by atoms with Gasteiger partial charge >= 0.3 is 0 Å². The van der Waals surface area contributed by atoms with Crippen LogP contribution in [-0.4, -0.2) is 26.3 Å². The zero-order valence-electron chi connectivity index (χ0n) is 17.5. The Morgan fingerprint density at radius 2 is 1.97 bits per heavy atom. The number of carbonyl (C=O) groups is 1. The first-order valence-electron chi connectivity index (χ1n) is 10.2. The quantitative estimate of drug-likeness (QED) is 0.522. The van der Waals surface area contributed by atoms with Crippen molar-refractivity contribution in [2.24, 2.45) is 0 Å². The van der Waals surface area contributed by atoms with Crippen LogP contribution in [0.3, 0.4) is 0 Å². The van der Waals surface area contributed by atoms with E-state index in [4.69, 9.17) is 0 Å². The Hall–Kier alpha value is -3.35. The van der Waals surface area contributed by atoms with E-state index in [1.807, 2.05) is 10.9 Å². The van der Waals surface area contributed by atoms with Gasteiger partial charge in [0.15, 0.2) is 0 Å². The molecule has 2 heterocycles. The molecule has 4 rings (SSSR count). The van der Waals surface area contributed by atoms with E-state index >= 15 is 0 Å². The molecule has 160 valence electrons. The van der Waals surface area contributed by atoms with Gasteiger partial charge in [-0.2, -0.15) is 5.10 Å². The number of hydrogen-bond donors (Lipinski definition) is 1. The molecule has 3 aromatic rings. The third-order valence-corrected chi connectivity index (χ3v) is 5.00. The predicted molar refractivity (Wildman–Crippen MR) is 117 cm³/mol. The van der Waals surface area contributed by atoms with Gasteiger partial charge in [0.25, 0.3) is 0 Å². The molecule has 1 aromatic carbocycles. The van der Waals surface area contributed by atoms with Crippen LogP contribution in [0.2, 0.25) is 0 Å². The molecule has 0 atom stereocenters. The molecule has 2 aromatic heterocycles. The number of nitrogens with one attached hydrogen (secondary N) is 1. The van der Waals surface area contributed by atoms with Crippen LogP contribution >= 0.6 is 0 Å². The normalized spacial score (nSPS) is 14.2. The molecule has 1 amide bonds. The topological polar surface area (TPSA) is 59.8 Å². The van der Waals surface area contributed by atoms with Crippen LogP contribution in [-0.2, 0) is 11.2 Å². The molecule has 1 fully saturated rings. The van der Waals surface area contributed by atoms with E-state index in [1.165, 1.54) is 32.2 Å². The second-order valence-corrected chi connectivity index (χ2v) is 8.44. The molecule has 0 spiro atoms. The fraction of sp³-hybridized carbons (Fsp3) is 0.292. The molecule has 1 saturated carbocycles. The molecule has 0 bridgehead atoms. The minimum atomic E-state index is -1.29. The molecule has 5 nitrogen and oxygen atoms in total. The number of pyridine rings is 1. The lowest BCUT2D eigenvalue weighted by molar-refractivity contribution is -0.111. The number of halogens is 2. The van der Waals surface area contributed by atoms with Gasteiger partial charge in [0.1, 0.15) is 11.5 Å². The van der Waals surface area contributed by atoms with Crippen LogP contribution in [0, 0.1) is 5.82 Å². The van der Waals surface area contributed by atoms with E-state index in [-0.39, 0.29) is 5.91 Å². The van der Waals surface area contributed by atoms with Crippen molar-refractivity contribution in [3.8, 4) is 11.1 Å². The summed E-state index contributed by atoms with van der Waals surface area (Å²) in [5.41, 5.74) is 1.66. The number of amides is 1. The SMILES string of the molecule is CC(C)(F)Cc1ccc(NC(=O)/C=C/c2cncc(F)c2-c2cnn(C3CC3)c2)cc1. The Kier molecular flexibility index (Phi) is 5.67. The first-order chi connectivity index (χ1) is 14.8. The van der Waals surface area contributed by atoms with Gasteiger partial charge in [-0.1, -0.05) is 12.1 Å². The number of alkyl halides is 1. The van der Waals surface area contributed by atoms with Crippen molar-refractivity contribution in [3.63, 3.8) is 0 Å². The molecule has 1 aliphatic carbocycles. The Balaban J connectivity index is 1.47. The Bertz CT molecular complexity index is 1110. The van der Waals surface area contributed by atoms with Crippen LogP contribution in [0.25, 0.3) is 17.2 Å². The maximum Gasteiger partial charge on any atom is 0.248 e. The monoisotopic (exact) mass is 422 g/mol. The van der Waals surface area contributed by atoms with Gasteiger partial charge in [-0.3, -0.25) is 14.5 Å². The fourth-order valence-corrected chi connectivity index (χ4v) is 3.43. The Morgan fingerprint density at radius 3 is 2.65 bits per heavy atom. The van der Waals surface area contributed by atoms with Gasteiger partial charge in [0.2, 0.25) is 5.91 Å². The van der Waals surface area contributed by atoms with Crippen molar-refractivity contribution in [2.75, 3.05) is 5.32 Å². The second kappa shape index (κ2) is 8.41. The zero-order valence-corrected chi connectivity index (χ0v) is 17.5. The third-order valence-electron chi connectivity index (χ3n) is 5.00. The van der Waals surface area contributed by atoms with E-state index in [1.54, 1.807) is 30.5 Å². The van der Waals surface area contributed by atoms with Gasteiger partial charge < -0.3 is 5.32 Å². The molecule has 1 N–H and O–H groups in total. The van der Waals surface area contributed by atoms with Crippen molar-refractivity contribution in [2.45, 2.75) is 44.8 Å². The number of aromatic nitrogens is 3. The van der Waals surface area contributed by atoms with Gasteiger partial charge in [0.05, 0.1) is 18.4 Å². The molecule has 1 aliphatic rings. The van der Waals surface area contributed by atoms with Crippen LogP contribution in [0.15, 0.2) is 55.1 Å². The fourth-order valence-electron chi connectivity index (χ4n) is 3.43. The summed E-state index contributed by atoms with van der Waals surface area (Å²) in [6.07, 6.45) is 11.5. The minimum Gasteiger partial charge on any atom is -0.323 e. The van der Waals surface area contributed by atoms with Crippen LogP contribution in [0.5, 0.6) is 0 Å². The van der Waals surface area contributed by atoms with Crippen molar-refractivity contribution in [3.05, 3.63) is 72.1 Å². The molecule has 0 radical (unpaired) electrons. The molecule has 7 heteroatoms. The molecule has 0 aliphatic heterocycles.